The van der Waals surface area contributed by atoms with Gasteiger partial charge in [0.1, 0.15) is 17.3 Å². The van der Waals surface area contributed by atoms with Crippen LogP contribution in [0.1, 0.15) is 32.4 Å². The first kappa shape index (κ1) is 23.1. The Morgan fingerprint density at radius 1 is 0.811 bits per heavy atom. The number of halogens is 1. The van der Waals surface area contributed by atoms with E-state index in [1.165, 1.54) is 62.8 Å². The highest BCUT2D eigenvalue weighted by molar-refractivity contribution is 6.37. The minimum absolute atomic E-state index is 0.132. The summed E-state index contributed by atoms with van der Waals surface area (Å²) in [6.45, 7) is 0. The Labute approximate surface area is 210 Å². The van der Waals surface area contributed by atoms with Gasteiger partial charge in [-0.2, -0.15) is 0 Å². The maximum absolute atomic E-state index is 14.0. The minimum atomic E-state index is -2.21. The lowest BCUT2D eigenvalue weighted by atomic mass is 9.77. The predicted octanol–water partition coefficient (Wildman–Crippen LogP) is 3.54. The van der Waals surface area contributed by atoms with Crippen molar-refractivity contribution in [3.8, 4) is 11.5 Å². The fourth-order valence-electron chi connectivity index (χ4n) is 5.65. The van der Waals surface area contributed by atoms with Gasteiger partial charge in [-0.05, 0) is 17.7 Å². The molecule has 9 heteroatoms. The topological polar surface area (TPSA) is 99.2 Å². The Kier molecular flexibility index (Phi) is 5.03. The number of carbonyl (C=O) groups excluding carboxylic acids is 4. The molecular formula is C28H20FNO7. The number of imide groups is 1. The van der Waals surface area contributed by atoms with Gasteiger partial charge in [0.05, 0.1) is 37.8 Å². The first-order valence-electron chi connectivity index (χ1n) is 11.5. The fraction of sp³-hybridized carbons (Fsp3) is 0.214. The zero-order chi connectivity index (χ0) is 26.1. The summed E-state index contributed by atoms with van der Waals surface area (Å²) in [6.07, 6.45) is -1.14. The number of amides is 2. The van der Waals surface area contributed by atoms with Gasteiger partial charge in [-0.1, -0.05) is 36.4 Å². The van der Waals surface area contributed by atoms with E-state index < -0.39 is 52.7 Å². The summed E-state index contributed by atoms with van der Waals surface area (Å²) in [5, 5.41) is 0. The molecule has 2 heterocycles. The van der Waals surface area contributed by atoms with Crippen LogP contribution in [0, 0.1) is 17.7 Å². The van der Waals surface area contributed by atoms with E-state index in [0.717, 1.165) is 4.90 Å². The molecule has 0 aromatic heterocycles. The van der Waals surface area contributed by atoms with Gasteiger partial charge in [0.2, 0.25) is 29.0 Å². The number of benzene rings is 3. The Morgan fingerprint density at radius 3 is 1.92 bits per heavy atom. The van der Waals surface area contributed by atoms with Crippen molar-refractivity contribution in [2.24, 2.45) is 11.8 Å². The van der Waals surface area contributed by atoms with Crippen molar-refractivity contribution in [3.63, 3.8) is 0 Å². The van der Waals surface area contributed by atoms with Gasteiger partial charge in [-0.3, -0.25) is 19.2 Å². The smallest absolute Gasteiger partial charge is 0.241 e. The number of ketones is 2. The van der Waals surface area contributed by atoms with Crippen LogP contribution in [0.2, 0.25) is 0 Å². The quantitative estimate of drug-likeness (QED) is 0.398. The molecule has 186 valence electrons. The molecule has 0 bridgehead atoms. The Morgan fingerprint density at radius 2 is 1.38 bits per heavy atom. The Hall–Kier alpha value is -4.37. The first-order chi connectivity index (χ1) is 17.8. The molecule has 1 aliphatic carbocycles. The average Bonchev–Trinajstić information content (AvgIpc) is 3.48. The van der Waals surface area contributed by atoms with Gasteiger partial charge in [-0.15, -0.1) is 0 Å². The summed E-state index contributed by atoms with van der Waals surface area (Å²) in [6, 6.07) is 16.0. The van der Waals surface area contributed by atoms with E-state index in [1.54, 1.807) is 18.2 Å². The summed E-state index contributed by atoms with van der Waals surface area (Å²) in [5.41, 5.74) is -1.40. The monoisotopic (exact) mass is 501 g/mol. The van der Waals surface area contributed by atoms with Gasteiger partial charge in [-0.25, -0.2) is 9.29 Å². The molecule has 0 unspecified atom stereocenters. The highest BCUT2D eigenvalue weighted by Gasteiger charge is 2.74. The number of Topliss-reactive ketones (excluding diaryl/α,β-unsaturated/α-hetero) is 2. The molecule has 2 amide bonds. The molecule has 6 rings (SSSR count). The average molecular weight is 501 g/mol. The molecule has 3 aromatic carbocycles. The van der Waals surface area contributed by atoms with Crippen molar-refractivity contribution in [1.82, 2.24) is 0 Å². The van der Waals surface area contributed by atoms with Crippen molar-refractivity contribution in [2.45, 2.75) is 11.7 Å². The van der Waals surface area contributed by atoms with Gasteiger partial charge >= 0.3 is 0 Å². The zero-order valence-corrected chi connectivity index (χ0v) is 19.8. The number of nitrogens with zero attached hydrogens (tertiary/aromatic N) is 1. The predicted molar refractivity (Wildman–Crippen MR) is 127 cm³/mol. The maximum Gasteiger partial charge on any atom is 0.241 e. The molecule has 3 atom stereocenters. The second-order valence-corrected chi connectivity index (χ2v) is 9.12. The molecule has 1 spiro atoms. The summed E-state index contributed by atoms with van der Waals surface area (Å²) < 4.78 is 30.5. The van der Waals surface area contributed by atoms with E-state index >= 15 is 0 Å². The second-order valence-electron chi connectivity index (χ2n) is 9.12. The number of methoxy groups -OCH3 is 2. The third-order valence-electron chi connectivity index (χ3n) is 7.31. The number of hydrogen-bond donors (Lipinski definition) is 0. The van der Waals surface area contributed by atoms with Crippen LogP contribution in [-0.2, 0) is 14.3 Å². The van der Waals surface area contributed by atoms with Gasteiger partial charge < -0.3 is 14.2 Å². The van der Waals surface area contributed by atoms with Crippen LogP contribution in [0.4, 0.5) is 10.1 Å². The van der Waals surface area contributed by atoms with E-state index in [-0.39, 0.29) is 16.8 Å². The van der Waals surface area contributed by atoms with Gasteiger partial charge in [0.15, 0.2) is 0 Å². The molecule has 2 fully saturated rings. The molecular weight excluding hydrogens is 481 g/mol. The number of hydrogen-bond acceptors (Lipinski definition) is 7. The molecule has 2 aliphatic heterocycles. The lowest BCUT2D eigenvalue weighted by Gasteiger charge is -2.27. The SMILES string of the molecule is COc1cc(OC)cc(N2C(=O)[C@@H]3[C@@H](c4ccc(F)cc4)OC4(C(=O)c5ccccc5C4=O)[C@H]3C2=O)c1. The summed E-state index contributed by atoms with van der Waals surface area (Å²) >= 11 is 0. The van der Waals surface area contributed by atoms with Crippen LogP contribution in [0.3, 0.4) is 0 Å². The van der Waals surface area contributed by atoms with Crippen molar-refractivity contribution in [1.29, 1.82) is 0 Å². The van der Waals surface area contributed by atoms with Crippen LogP contribution < -0.4 is 14.4 Å². The third-order valence-corrected chi connectivity index (χ3v) is 7.31. The van der Waals surface area contributed by atoms with Crippen LogP contribution >= 0.6 is 0 Å². The van der Waals surface area contributed by atoms with Crippen molar-refractivity contribution in [2.75, 3.05) is 19.1 Å². The standard InChI is InChI=1S/C28H20FNO7/c1-35-17-11-16(12-18(13-17)36-2)30-26(33)21-22(27(30)34)28(37-23(21)14-7-9-15(29)10-8-14)24(31)19-5-3-4-6-20(19)25(28)32/h3-13,21-23H,1-2H3/t21-,22+,23+/m0/s1. The molecule has 0 N–H and O–H groups in total. The van der Waals surface area contributed by atoms with E-state index in [4.69, 9.17) is 14.2 Å². The molecule has 8 nitrogen and oxygen atoms in total. The van der Waals surface area contributed by atoms with Gasteiger partial charge in [0.25, 0.3) is 0 Å². The van der Waals surface area contributed by atoms with Crippen molar-refractivity contribution >= 4 is 29.1 Å². The van der Waals surface area contributed by atoms with Gasteiger partial charge in [0, 0.05) is 29.3 Å². The largest absolute Gasteiger partial charge is 0.497 e. The van der Waals surface area contributed by atoms with Crippen LogP contribution in [-0.4, -0.2) is 43.2 Å². The molecule has 0 saturated carbocycles. The molecule has 37 heavy (non-hydrogen) atoms. The first-order valence-corrected chi connectivity index (χ1v) is 11.5. The van der Waals surface area contributed by atoms with E-state index in [0.29, 0.717) is 17.1 Å². The van der Waals surface area contributed by atoms with Crippen LogP contribution in [0.25, 0.3) is 0 Å². The normalized spacial score (nSPS) is 23.5. The number of anilines is 1. The molecule has 3 aliphatic rings. The highest BCUT2D eigenvalue weighted by Crippen LogP contribution is 2.57. The van der Waals surface area contributed by atoms with Crippen LogP contribution in [0.15, 0.2) is 66.7 Å². The van der Waals surface area contributed by atoms with Crippen LogP contribution in [0.5, 0.6) is 11.5 Å². The molecule has 3 aromatic rings. The summed E-state index contributed by atoms with van der Waals surface area (Å²) in [7, 11) is 2.86. The lowest BCUT2D eigenvalue weighted by Crippen LogP contribution is -2.51. The highest BCUT2D eigenvalue weighted by atomic mass is 19.1. The van der Waals surface area contributed by atoms with E-state index in [2.05, 4.69) is 0 Å². The molecule has 0 radical (unpaired) electrons. The van der Waals surface area contributed by atoms with E-state index in [9.17, 15) is 23.6 Å². The fourth-order valence-corrected chi connectivity index (χ4v) is 5.65. The number of rotatable bonds is 4. The lowest BCUT2D eigenvalue weighted by molar-refractivity contribution is -0.127. The minimum Gasteiger partial charge on any atom is -0.497 e. The number of fused-ring (bicyclic) bond motifs is 3. The Balaban J connectivity index is 1.54. The Bertz CT molecular complexity index is 1440. The third kappa shape index (κ3) is 3.04. The number of ether oxygens (including phenoxy) is 3. The molecule has 2 saturated heterocycles. The van der Waals surface area contributed by atoms with Crippen molar-refractivity contribution in [3.05, 3.63) is 89.2 Å². The maximum atomic E-state index is 14.0. The van der Waals surface area contributed by atoms with E-state index in [1.807, 2.05) is 0 Å². The number of carbonyl (C=O) groups is 4. The summed E-state index contributed by atoms with van der Waals surface area (Å²) in [5.74, 6) is -5.17. The second kappa shape index (κ2) is 8.07. The summed E-state index contributed by atoms with van der Waals surface area (Å²) in [4.78, 5) is 56.4. The zero-order valence-electron chi connectivity index (χ0n) is 19.8. The van der Waals surface area contributed by atoms with Crippen molar-refractivity contribution < 1.29 is 37.8 Å².